The summed E-state index contributed by atoms with van der Waals surface area (Å²) in [6.45, 7) is 5.47. The molecule has 4 nitrogen and oxygen atoms in total. The van der Waals surface area contributed by atoms with E-state index in [1.54, 1.807) is 0 Å². The fourth-order valence-electron chi connectivity index (χ4n) is 1.79. The van der Waals surface area contributed by atoms with E-state index in [0.717, 1.165) is 19.3 Å². The number of Topliss-reactive ketones (excluding diaryl/α,β-unsaturated/α-hetero) is 1. The van der Waals surface area contributed by atoms with Crippen molar-refractivity contribution < 1.29 is 14.3 Å². The molecule has 4 heteroatoms. The standard InChI is InChI=1S/C12H21NO3/c1-12(2,3)16-11(15)13-9-6-4-5-7-10(14)8-9/h9H,4-8H2,1-3H3,(H,13,15). The smallest absolute Gasteiger partial charge is 0.407 e. The van der Waals surface area contributed by atoms with Gasteiger partial charge in [0.05, 0.1) is 0 Å². The van der Waals surface area contributed by atoms with Gasteiger partial charge >= 0.3 is 6.09 Å². The van der Waals surface area contributed by atoms with E-state index in [-0.39, 0.29) is 11.8 Å². The Kier molecular flexibility index (Phi) is 4.33. The molecule has 1 aliphatic rings. The Morgan fingerprint density at radius 1 is 1.38 bits per heavy atom. The normalized spacial score (nSPS) is 22.4. The summed E-state index contributed by atoms with van der Waals surface area (Å²) in [7, 11) is 0. The zero-order chi connectivity index (χ0) is 12.2. The number of hydrogen-bond donors (Lipinski definition) is 1. The van der Waals surface area contributed by atoms with Crippen molar-refractivity contribution in [1.29, 1.82) is 0 Å². The van der Waals surface area contributed by atoms with E-state index in [0.29, 0.717) is 12.8 Å². The van der Waals surface area contributed by atoms with Crippen LogP contribution in [-0.4, -0.2) is 23.5 Å². The highest BCUT2D eigenvalue weighted by atomic mass is 16.6. The van der Waals surface area contributed by atoms with Gasteiger partial charge in [0.1, 0.15) is 11.4 Å². The van der Waals surface area contributed by atoms with Crippen LogP contribution < -0.4 is 5.32 Å². The Morgan fingerprint density at radius 2 is 2.06 bits per heavy atom. The first-order valence-electron chi connectivity index (χ1n) is 5.88. The lowest BCUT2D eigenvalue weighted by Crippen LogP contribution is -2.39. The van der Waals surface area contributed by atoms with E-state index in [1.807, 2.05) is 20.8 Å². The Balaban J connectivity index is 2.40. The van der Waals surface area contributed by atoms with E-state index >= 15 is 0 Å². The summed E-state index contributed by atoms with van der Waals surface area (Å²) in [5, 5.41) is 2.76. The van der Waals surface area contributed by atoms with Crippen molar-refractivity contribution in [2.45, 2.75) is 64.5 Å². The third kappa shape index (κ3) is 5.14. The molecule has 16 heavy (non-hydrogen) atoms. The Bertz CT molecular complexity index is 268. The average molecular weight is 227 g/mol. The zero-order valence-electron chi connectivity index (χ0n) is 10.3. The molecule has 1 atom stereocenters. The van der Waals surface area contributed by atoms with Gasteiger partial charge in [-0.1, -0.05) is 6.42 Å². The van der Waals surface area contributed by atoms with Gasteiger partial charge < -0.3 is 10.1 Å². The van der Waals surface area contributed by atoms with Crippen molar-refractivity contribution in [2.24, 2.45) is 0 Å². The number of amides is 1. The minimum atomic E-state index is -0.487. The molecule has 0 bridgehead atoms. The Morgan fingerprint density at radius 3 is 2.69 bits per heavy atom. The van der Waals surface area contributed by atoms with Crippen LogP contribution in [0.1, 0.15) is 52.9 Å². The molecule has 0 aromatic carbocycles. The van der Waals surface area contributed by atoms with Gasteiger partial charge in [-0.2, -0.15) is 0 Å². The molecule has 1 fully saturated rings. The predicted octanol–water partition coefficient (Wildman–Crippen LogP) is 2.41. The van der Waals surface area contributed by atoms with Gasteiger partial charge in [0.2, 0.25) is 0 Å². The van der Waals surface area contributed by atoms with Gasteiger partial charge in [0, 0.05) is 18.9 Å². The van der Waals surface area contributed by atoms with E-state index in [1.165, 1.54) is 0 Å². The molecular weight excluding hydrogens is 206 g/mol. The fourth-order valence-corrected chi connectivity index (χ4v) is 1.79. The van der Waals surface area contributed by atoms with Gasteiger partial charge in [0.25, 0.3) is 0 Å². The van der Waals surface area contributed by atoms with Crippen molar-refractivity contribution in [3.05, 3.63) is 0 Å². The maximum absolute atomic E-state index is 11.5. The van der Waals surface area contributed by atoms with Crippen LogP contribution in [0.15, 0.2) is 0 Å². The maximum Gasteiger partial charge on any atom is 0.407 e. The SMILES string of the molecule is CC(C)(C)OC(=O)NC1CCCCC(=O)C1. The maximum atomic E-state index is 11.5. The van der Waals surface area contributed by atoms with Crippen molar-refractivity contribution in [3.8, 4) is 0 Å². The van der Waals surface area contributed by atoms with Crippen LogP contribution in [-0.2, 0) is 9.53 Å². The van der Waals surface area contributed by atoms with Gasteiger partial charge in [-0.3, -0.25) is 4.79 Å². The summed E-state index contributed by atoms with van der Waals surface area (Å²) in [6.07, 6.45) is 3.46. The predicted molar refractivity (Wildman–Crippen MR) is 61.2 cm³/mol. The minimum absolute atomic E-state index is 0.0511. The van der Waals surface area contributed by atoms with Gasteiger partial charge in [-0.25, -0.2) is 4.79 Å². The fraction of sp³-hybridized carbons (Fsp3) is 0.833. The molecule has 0 saturated heterocycles. The summed E-state index contributed by atoms with van der Waals surface area (Å²) < 4.78 is 5.16. The molecule has 1 rings (SSSR count). The molecule has 0 radical (unpaired) electrons. The lowest BCUT2D eigenvalue weighted by molar-refractivity contribution is -0.119. The second-order valence-corrected chi connectivity index (χ2v) is 5.33. The Labute approximate surface area is 96.7 Å². The monoisotopic (exact) mass is 227 g/mol. The number of rotatable bonds is 1. The molecular formula is C12H21NO3. The van der Waals surface area contributed by atoms with Crippen molar-refractivity contribution in [3.63, 3.8) is 0 Å². The summed E-state index contributed by atoms with van der Waals surface area (Å²) in [6, 6.07) is -0.0511. The molecule has 0 aliphatic heterocycles. The Hall–Kier alpha value is -1.06. The highest BCUT2D eigenvalue weighted by Gasteiger charge is 2.22. The molecule has 0 aromatic rings. The highest BCUT2D eigenvalue weighted by molar-refractivity contribution is 5.80. The van der Waals surface area contributed by atoms with E-state index < -0.39 is 11.7 Å². The number of nitrogens with one attached hydrogen (secondary N) is 1. The number of hydrogen-bond acceptors (Lipinski definition) is 3. The molecule has 0 heterocycles. The number of carbonyl (C=O) groups excluding carboxylic acids is 2. The molecule has 1 amide bonds. The molecule has 1 aliphatic carbocycles. The van der Waals surface area contributed by atoms with Gasteiger partial charge in [-0.15, -0.1) is 0 Å². The number of ether oxygens (including phenoxy) is 1. The summed E-state index contributed by atoms with van der Waals surface area (Å²) >= 11 is 0. The molecule has 0 spiro atoms. The van der Waals surface area contributed by atoms with Gasteiger partial charge in [0.15, 0.2) is 0 Å². The first-order valence-corrected chi connectivity index (χ1v) is 5.88. The number of ketones is 1. The van der Waals surface area contributed by atoms with Crippen LogP contribution in [0.25, 0.3) is 0 Å². The summed E-state index contributed by atoms with van der Waals surface area (Å²) in [4.78, 5) is 22.9. The molecule has 1 unspecified atom stereocenters. The van der Waals surface area contributed by atoms with Gasteiger partial charge in [-0.05, 0) is 33.6 Å². The number of alkyl carbamates (subject to hydrolysis) is 1. The van der Waals surface area contributed by atoms with Crippen LogP contribution in [0.4, 0.5) is 4.79 Å². The van der Waals surface area contributed by atoms with E-state index in [4.69, 9.17) is 4.74 Å². The average Bonchev–Trinajstić information content (AvgIpc) is 2.26. The summed E-state index contributed by atoms with van der Waals surface area (Å²) in [5.41, 5.74) is -0.487. The minimum Gasteiger partial charge on any atom is -0.444 e. The second-order valence-electron chi connectivity index (χ2n) is 5.33. The van der Waals surface area contributed by atoms with Crippen LogP contribution in [0.2, 0.25) is 0 Å². The molecule has 0 aromatic heterocycles. The molecule has 1 saturated carbocycles. The van der Waals surface area contributed by atoms with E-state index in [9.17, 15) is 9.59 Å². The van der Waals surface area contributed by atoms with Crippen LogP contribution >= 0.6 is 0 Å². The third-order valence-corrected chi connectivity index (χ3v) is 2.45. The third-order valence-electron chi connectivity index (χ3n) is 2.45. The lowest BCUT2D eigenvalue weighted by Gasteiger charge is -2.22. The van der Waals surface area contributed by atoms with Crippen molar-refractivity contribution in [1.82, 2.24) is 5.32 Å². The number of carbonyl (C=O) groups is 2. The molecule has 1 N–H and O–H groups in total. The lowest BCUT2D eigenvalue weighted by atomic mass is 10.1. The van der Waals surface area contributed by atoms with E-state index in [2.05, 4.69) is 5.32 Å². The highest BCUT2D eigenvalue weighted by Crippen LogP contribution is 2.15. The summed E-state index contributed by atoms with van der Waals surface area (Å²) in [5.74, 6) is 0.235. The van der Waals surface area contributed by atoms with Crippen molar-refractivity contribution in [2.75, 3.05) is 0 Å². The largest absolute Gasteiger partial charge is 0.444 e. The van der Waals surface area contributed by atoms with Crippen LogP contribution in [0.5, 0.6) is 0 Å². The van der Waals surface area contributed by atoms with Crippen LogP contribution in [0.3, 0.4) is 0 Å². The topological polar surface area (TPSA) is 55.4 Å². The molecule has 92 valence electrons. The first-order chi connectivity index (χ1) is 7.37. The zero-order valence-corrected chi connectivity index (χ0v) is 10.3. The van der Waals surface area contributed by atoms with Crippen LogP contribution in [0, 0.1) is 0 Å². The quantitative estimate of drug-likeness (QED) is 0.700. The van der Waals surface area contributed by atoms with Crippen molar-refractivity contribution >= 4 is 11.9 Å². The second kappa shape index (κ2) is 5.32. The first kappa shape index (κ1) is 13.0.